The number of nitrogens with zero attached hydrogens (tertiary/aromatic N) is 2. The molecule has 0 saturated heterocycles. The van der Waals surface area contributed by atoms with Crippen LogP contribution in [0, 0.1) is 0 Å². The van der Waals surface area contributed by atoms with Crippen LogP contribution in [0.25, 0.3) is 22.8 Å². The van der Waals surface area contributed by atoms with Gasteiger partial charge in [-0.1, -0.05) is 11.6 Å². The van der Waals surface area contributed by atoms with Crippen LogP contribution >= 0.6 is 11.6 Å². The minimum Gasteiger partial charge on any atom is -0.356 e. The monoisotopic (exact) mass is 392 g/mol. The summed E-state index contributed by atoms with van der Waals surface area (Å²) in [6.07, 6.45) is -2.30. The number of aromatic nitrogens is 3. The van der Waals surface area contributed by atoms with Crippen molar-refractivity contribution in [1.29, 1.82) is 0 Å². The van der Waals surface area contributed by atoms with Gasteiger partial charge >= 0.3 is 6.18 Å². The van der Waals surface area contributed by atoms with Gasteiger partial charge in [0.1, 0.15) is 0 Å². The van der Waals surface area contributed by atoms with Crippen molar-refractivity contribution in [2.24, 2.45) is 0 Å². The Labute approximate surface area is 156 Å². The van der Waals surface area contributed by atoms with Crippen molar-refractivity contribution in [3.8, 4) is 22.8 Å². The number of hydrogen-bond acceptors (Lipinski definition) is 3. The van der Waals surface area contributed by atoms with Crippen molar-refractivity contribution < 1.29 is 18.0 Å². The molecule has 9 heteroatoms. The van der Waals surface area contributed by atoms with Gasteiger partial charge in [-0.25, -0.2) is 9.97 Å². The molecule has 2 N–H and O–H groups in total. The Morgan fingerprint density at radius 3 is 2.63 bits per heavy atom. The lowest BCUT2D eigenvalue weighted by molar-refractivity contribution is -0.137. The summed E-state index contributed by atoms with van der Waals surface area (Å²) >= 11 is 6.03. The second-order valence-corrected chi connectivity index (χ2v) is 6.45. The maximum atomic E-state index is 12.8. The summed E-state index contributed by atoms with van der Waals surface area (Å²) < 4.78 is 38.4. The lowest BCUT2D eigenvalue weighted by atomic mass is 10.1. The van der Waals surface area contributed by atoms with E-state index in [2.05, 4.69) is 20.3 Å². The van der Waals surface area contributed by atoms with Crippen LogP contribution in [0.15, 0.2) is 36.5 Å². The highest BCUT2D eigenvalue weighted by Crippen LogP contribution is 2.35. The predicted octanol–water partition coefficient (Wildman–Crippen LogP) is 4.10. The van der Waals surface area contributed by atoms with E-state index in [0.29, 0.717) is 35.5 Å². The minimum atomic E-state index is -4.48. The summed E-state index contributed by atoms with van der Waals surface area (Å²) in [7, 11) is 0. The molecule has 1 amide bonds. The first-order chi connectivity index (χ1) is 12.8. The van der Waals surface area contributed by atoms with Crippen LogP contribution in [0.3, 0.4) is 0 Å². The molecular weight excluding hydrogens is 381 g/mol. The number of rotatable bonds is 2. The molecule has 3 heterocycles. The number of carbonyl (C=O) groups excluding carboxylic acids is 1. The lowest BCUT2D eigenvalue weighted by Gasteiger charge is -2.11. The zero-order valence-electron chi connectivity index (χ0n) is 13.7. The fourth-order valence-electron chi connectivity index (χ4n) is 2.94. The smallest absolute Gasteiger partial charge is 0.356 e. The summed E-state index contributed by atoms with van der Waals surface area (Å²) in [4.78, 5) is 23.6. The molecule has 0 radical (unpaired) electrons. The van der Waals surface area contributed by atoms with Crippen LogP contribution in [-0.4, -0.2) is 27.4 Å². The topological polar surface area (TPSA) is 70.7 Å². The molecule has 0 unspecified atom stereocenters. The van der Waals surface area contributed by atoms with Crippen LogP contribution in [0.1, 0.15) is 21.6 Å². The zero-order valence-corrected chi connectivity index (χ0v) is 14.4. The van der Waals surface area contributed by atoms with Crippen molar-refractivity contribution in [1.82, 2.24) is 20.3 Å². The van der Waals surface area contributed by atoms with Crippen molar-refractivity contribution >= 4 is 17.5 Å². The molecule has 0 bridgehead atoms. The number of benzene rings is 1. The summed E-state index contributed by atoms with van der Waals surface area (Å²) in [6.45, 7) is 0.558. The largest absolute Gasteiger partial charge is 0.416 e. The third-order valence-electron chi connectivity index (χ3n) is 4.27. The van der Waals surface area contributed by atoms with Gasteiger partial charge in [-0.3, -0.25) is 4.79 Å². The number of hydrogen-bond donors (Lipinski definition) is 2. The molecule has 3 aromatic rings. The first kappa shape index (κ1) is 17.5. The Bertz CT molecular complexity index is 1050. The molecule has 0 fully saturated rings. The Morgan fingerprint density at radius 2 is 1.93 bits per heavy atom. The van der Waals surface area contributed by atoms with Crippen molar-refractivity contribution in [2.45, 2.75) is 12.6 Å². The average molecular weight is 393 g/mol. The molecule has 0 aliphatic carbocycles. The average Bonchev–Trinajstić information content (AvgIpc) is 3.07. The van der Waals surface area contributed by atoms with Crippen LogP contribution in [0.4, 0.5) is 13.2 Å². The predicted molar refractivity (Wildman–Crippen MR) is 93.3 cm³/mol. The Balaban J connectivity index is 1.73. The van der Waals surface area contributed by atoms with E-state index < -0.39 is 11.7 Å². The number of carbonyl (C=O) groups is 1. The van der Waals surface area contributed by atoms with Gasteiger partial charge in [0.2, 0.25) is 0 Å². The van der Waals surface area contributed by atoms with Crippen molar-refractivity contribution in [3.05, 3.63) is 58.4 Å². The second kappa shape index (κ2) is 6.38. The van der Waals surface area contributed by atoms with Crippen LogP contribution in [0.5, 0.6) is 0 Å². The van der Waals surface area contributed by atoms with E-state index in [0.717, 1.165) is 17.8 Å². The molecule has 138 valence electrons. The van der Waals surface area contributed by atoms with Crippen molar-refractivity contribution in [3.63, 3.8) is 0 Å². The van der Waals surface area contributed by atoms with Crippen LogP contribution in [-0.2, 0) is 12.6 Å². The SMILES string of the molecule is O=C1NCCc2[nH]c(-c3ccnc(-c4ccc(C(F)(F)F)cc4Cl)n3)cc21. The molecule has 0 atom stereocenters. The molecular formula is C18H12ClF3N4O. The summed E-state index contributed by atoms with van der Waals surface area (Å²) in [5.74, 6) is 0.0436. The highest BCUT2D eigenvalue weighted by Gasteiger charge is 2.31. The second-order valence-electron chi connectivity index (χ2n) is 6.04. The van der Waals surface area contributed by atoms with Gasteiger partial charge in [-0.15, -0.1) is 0 Å². The van der Waals surface area contributed by atoms with Gasteiger partial charge in [0, 0.05) is 30.4 Å². The van der Waals surface area contributed by atoms with E-state index in [1.807, 2.05) is 0 Å². The highest BCUT2D eigenvalue weighted by molar-refractivity contribution is 6.33. The van der Waals surface area contributed by atoms with Crippen LogP contribution in [0.2, 0.25) is 5.02 Å². The van der Waals surface area contributed by atoms with E-state index in [9.17, 15) is 18.0 Å². The highest BCUT2D eigenvalue weighted by atomic mass is 35.5. The molecule has 27 heavy (non-hydrogen) atoms. The summed E-state index contributed by atoms with van der Waals surface area (Å²) in [6, 6.07) is 6.39. The van der Waals surface area contributed by atoms with Gasteiger partial charge in [-0.2, -0.15) is 13.2 Å². The van der Waals surface area contributed by atoms with Gasteiger partial charge in [0.25, 0.3) is 5.91 Å². The van der Waals surface area contributed by atoms with Crippen LogP contribution < -0.4 is 5.32 Å². The molecule has 2 aromatic heterocycles. The maximum Gasteiger partial charge on any atom is 0.416 e. The first-order valence-corrected chi connectivity index (χ1v) is 8.41. The number of fused-ring (bicyclic) bond motifs is 1. The van der Waals surface area contributed by atoms with Gasteiger partial charge in [0.05, 0.1) is 27.5 Å². The van der Waals surface area contributed by atoms with Gasteiger partial charge < -0.3 is 10.3 Å². The maximum absolute atomic E-state index is 12.8. The van der Waals surface area contributed by atoms with E-state index in [-0.39, 0.29) is 16.8 Å². The molecule has 4 rings (SSSR count). The zero-order chi connectivity index (χ0) is 19.2. The standard InChI is InChI=1S/C18H12ClF3N4O/c19-12-7-9(18(20,21)22)1-2-10(12)16-23-5-4-14(26-16)15-8-11-13(25-15)3-6-24-17(11)27/h1-2,4-5,7-8,25H,3,6H2,(H,24,27). The minimum absolute atomic E-state index is 0.0906. The molecule has 1 aliphatic rings. The fourth-order valence-corrected chi connectivity index (χ4v) is 3.21. The van der Waals surface area contributed by atoms with E-state index in [1.54, 1.807) is 12.1 Å². The molecule has 1 aromatic carbocycles. The van der Waals surface area contributed by atoms with E-state index in [1.165, 1.54) is 12.3 Å². The number of H-pyrrole nitrogens is 1. The van der Waals surface area contributed by atoms with Crippen molar-refractivity contribution in [2.75, 3.05) is 6.54 Å². The number of aromatic amines is 1. The third kappa shape index (κ3) is 3.28. The molecule has 0 saturated carbocycles. The Kier molecular flexibility index (Phi) is 4.15. The summed E-state index contributed by atoms with van der Waals surface area (Å²) in [5.41, 5.74) is 1.98. The number of amides is 1. The molecule has 5 nitrogen and oxygen atoms in total. The van der Waals surface area contributed by atoms with Gasteiger partial charge in [-0.05, 0) is 30.3 Å². The first-order valence-electron chi connectivity index (χ1n) is 8.03. The third-order valence-corrected chi connectivity index (χ3v) is 4.59. The van der Waals surface area contributed by atoms with Gasteiger partial charge in [0.15, 0.2) is 5.82 Å². The Hall–Kier alpha value is -2.87. The molecule has 0 spiro atoms. The Morgan fingerprint density at radius 1 is 1.11 bits per heavy atom. The fraction of sp³-hybridized carbons (Fsp3) is 0.167. The normalized spacial score (nSPS) is 14.0. The summed E-state index contributed by atoms with van der Waals surface area (Å²) in [5, 5.41) is 2.67. The quantitative estimate of drug-likeness (QED) is 0.690. The number of nitrogens with one attached hydrogen (secondary N) is 2. The number of halogens is 4. The van der Waals surface area contributed by atoms with E-state index in [4.69, 9.17) is 11.6 Å². The van der Waals surface area contributed by atoms with E-state index >= 15 is 0 Å². The lowest BCUT2D eigenvalue weighted by Crippen LogP contribution is -2.31. The molecule has 1 aliphatic heterocycles. The number of alkyl halides is 3.